The highest BCUT2D eigenvalue weighted by Crippen LogP contribution is 2.38. The summed E-state index contributed by atoms with van der Waals surface area (Å²) >= 11 is 0. The smallest absolute Gasteiger partial charge is 0.324 e. The number of carbonyl (C=O) groups is 3. The van der Waals surface area contributed by atoms with E-state index < -0.39 is 18.0 Å². The summed E-state index contributed by atoms with van der Waals surface area (Å²) in [5, 5.41) is 17.1. The molecule has 2 aliphatic rings. The average molecular weight is 557 g/mol. The summed E-state index contributed by atoms with van der Waals surface area (Å²) in [4.78, 5) is 39.3. The zero-order valence-electron chi connectivity index (χ0n) is 24.3. The third-order valence-corrected chi connectivity index (χ3v) is 8.04. The third kappa shape index (κ3) is 6.51. The number of anilines is 2. The van der Waals surface area contributed by atoms with E-state index in [4.69, 9.17) is 5.10 Å². The summed E-state index contributed by atoms with van der Waals surface area (Å²) in [6, 6.07) is 16.5. The zero-order valence-corrected chi connectivity index (χ0v) is 24.3. The van der Waals surface area contributed by atoms with Crippen molar-refractivity contribution < 1.29 is 14.4 Å². The lowest BCUT2D eigenvalue weighted by Crippen LogP contribution is -2.41. The quantitative estimate of drug-likeness (QED) is 0.325. The van der Waals surface area contributed by atoms with Gasteiger partial charge < -0.3 is 16.0 Å². The van der Waals surface area contributed by atoms with E-state index in [0.717, 1.165) is 48.4 Å². The Hall–Kier alpha value is -3.98. The number of benzene rings is 2. The van der Waals surface area contributed by atoms with Crippen LogP contribution in [0.1, 0.15) is 69.2 Å². The van der Waals surface area contributed by atoms with Gasteiger partial charge in [-0.25, -0.2) is 9.48 Å². The third-order valence-electron chi connectivity index (χ3n) is 8.04. The fourth-order valence-electron chi connectivity index (χ4n) is 5.73. The summed E-state index contributed by atoms with van der Waals surface area (Å²) in [7, 11) is 0. The Labute approximate surface area is 241 Å². The van der Waals surface area contributed by atoms with E-state index in [1.807, 2.05) is 61.5 Å². The fraction of sp³-hybridized carbons (Fsp3) is 0.438. The molecule has 0 radical (unpaired) electrons. The molecular formula is C32H40N6O3. The fourth-order valence-corrected chi connectivity index (χ4v) is 5.73. The highest BCUT2D eigenvalue weighted by atomic mass is 16.2. The Bertz CT molecular complexity index is 1420. The number of aryl methyl sites for hydroxylation is 1. The summed E-state index contributed by atoms with van der Waals surface area (Å²) in [6.07, 6.45) is 2.57. The van der Waals surface area contributed by atoms with Crippen LogP contribution in [0.4, 0.5) is 16.3 Å². The molecule has 5 rings (SSSR count). The van der Waals surface area contributed by atoms with Gasteiger partial charge in [-0.2, -0.15) is 5.10 Å². The van der Waals surface area contributed by atoms with E-state index in [2.05, 4.69) is 42.0 Å². The molecule has 3 amide bonds. The summed E-state index contributed by atoms with van der Waals surface area (Å²) < 4.78 is 1.75. The molecule has 1 aromatic heterocycles. The van der Waals surface area contributed by atoms with Crippen molar-refractivity contribution in [1.29, 1.82) is 0 Å². The Kier molecular flexibility index (Phi) is 8.26. The van der Waals surface area contributed by atoms with Crippen molar-refractivity contribution in [3.05, 3.63) is 71.4 Å². The van der Waals surface area contributed by atoms with Crippen LogP contribution < -0.4 is 21.3 Å². The van der Waals surface area contributed by atoms with E-state index in [1.54, 1.807) is 4.68 Å². The van der Waals surface area contributed by atoms with Gasteiger partial charge in [0.05, 0.1) is 17.4 Å². The van der Waals surface area contributed by atoms with Crippen molar-refractivity contribution in [2.45, 2.75) is 70.8 Å². The molecule has 2 fully saturated rings. The molecule has 2 saturated heterocycles. The van der Waals surface area contributed by atoms with Crippen LogP contribution in [-0.4, -0.2) is 46.6 Å². The maximum atomic E-state index is 13.9. The lowest BCUT2D eigenvalue weighted by Gasteiger charge is -2.32. The normalized spacial score (nSPS) is 18.5. The minimum Gasteiger partial charge on any atom is -0.346 e. The van der Waals surface area contributed by atoms with Gasteiger partial charge in [0.2, 0.25) is 5.91 Å². The van der Waals surface area contributed by atoms with Gasteiger partial charge in [-0.1, -0.05) is 56.7 Å². The van der Waals surface area contributed by atoms with Crippen LogP contribution in [0.15, 0.2) is 54.6 Å². The molecule has 2 unspecified atom stereocenters. The van der Waals surface area contributed by atoms with Crippen molar-refractivity contribution >= 4 is 29.2 Å². The second-order valence-corrected chi connectivity index (χ2v) is 12.2. The van der Waals surface area contributed by atoms with Crippen molar-refractivity contribution in [3.8, 4) is 5.69 Å². The lowest BCUT2D eigenvalue weighted by atomic mass is 9.75. The number of nitrogens with one attached hydrogen (secondary N) is 4. The molecule has 0 aliphatic carbocycles. The average Bonchev–Trinajstić information content (AvgIpc) is 3.57. The largest absolute Gasteiger partial charge is 0.346 e. The van der Waals surface area contributed by atoms with Gasteiger partial charge in [0, 0.05) is 29.5 Å². The molecule has 4 N–H and O–H groups in total. The number of aromatic nitrogens is 2. The van der Waals surface area contributed by atoms with Gasteiger partial charge in [-0.05, 0) is 69.0 Å². The molecule has 2 atom stereocenters. The first-order valence-corrected chi connectivity index (χ1v) is 14.5. The standard InChI is InChI=1S/C32H40N6O3/c1-20-9-11-22(12-10-20)38-27(19-26(37-38)32(2,3)4)36-31(41)35-24-8-6-5-7-23(24)29(21-15-17-33-18-16-21)30(40)25-13-14-28(39)34-25/h5-12,19,21,25,29,33H,13-18H2,1-4H3,(H,34,39)(H2,35,36,41). The van der Waals surface area contributed by atoms with E-state index in [1.165, 1.54) is 0 Å². The van der Waals surface area contributed by atoms with Crippen LogP contribution in [0.25, 0.3) is 5.69 Å². The zero-order chi connectivity index (χ0) is 29.1. The van der Waals surface area contributed by atoms with Gasteiger partial charge in [0.25, 0.3) is 0 Å². The number of piperidine rings is 1. The Balaban J connectivity index is 1.43. The number of para-hydroxylation sites is 1. The van der Waals surface area contributed by atoms with Gasteiger partial charge in [-0.15, -0.1) is 0 Å². The Morgan fingerprint density at radius 3 is 2.37 bits per heavy atom. The van der Waals surface area contributed by atoms with Crippen LogP contribution in [0.2, 0.25) is 0 Å². The van der Waals surface area contributed by atoms with E-state index >= 15 is 0 Å². The summed E-state index contributed by atoms with van der Waals surface area (Å²) in [5.74, 6) is 0.170. The Morgan fingerprint density at radius 2 is 1.71 bits per heavy atom. The van der Waals surface area contributed by atoms with Gasteiger partial charge in [-0.3, -0.25) is 14.9 Å². The number of amides is 3. The second kappa shape index (κ2) is 11.9. The van der Waals surface area contributed by atoms with Crippen LogP contribution in [0.3, 0.4) is 0 Å². The molecule has 0 bridgehead atoms. The molecular weight excluding hydrogens is 516 g/mol. The molecule has 41 heavy (non-hydrogen) atoms. The first-order chi connectivity index (χ1) is 19.6. The number of ketones is 1. The molecule has 0 spiro atoms. The SMILES string of the molecule is Cc1ccc(-n2nc(C(C)(C)C)cc2NC(=O)Nc2ccccc2C(C(=O)C2CCC(=O)N2)C2CCNCC2)cc1. The molecule has 2 aliphatic heterocycles. The first-order valence-electron chi connectivity index (χ1n) is 14.5. The molecule has 2 aromatic carbocycles. The lowest BCUT2D eigenvalue weighted by molar-refractivity contribution is -0.126. The van der Waals surface area contributed by atoms with Crippen LogP contribution >= 0.6 is 0 Å². The number of hydrogen-bond acceptors (Lipinski definition) is 5. The highest BCUT2D eigenvalue weighted by molar-refractivity contribution is 6.02. The van der Waals surface area contributed by atoms with Crippen molar-refractivity contribution in [2.24, 2.45) is 5.92 Å². The maximum absolute atomic E-state index is 13.9. The number of rotatable bonds is 7. The van der Waals surface area contributed by atoms with Crippen molar-refractivity contribution in [2.75, 3.05) is 23.7 Å². The summed E-state index contributed by atoms with van der Waals surface area (Å²) in [6.45, 7) is 9.94. The van der Waals surface area contributed by atoms with Crippen molar-refractivity contribution in [1.82, 2.24) is 20.4 Å². The monoisotopic (exact) mass is 556 g/mol. The first kappa shape index (κ1) is 28.5. The molecule has 9 nitrogen and oxygen atoms in total. The van der Waals surface area contributed by atoms with Crippen LogP contribution in [0, 0.1) is 12.8 Å². The number of carbonyl (C=O) groups excluding carboxylic acids is 3. The number of hydrogen-bond donors (Lipinski definition) is 4. The van der Waals surface area contributed by atoms with Crippen LogP contribution in [-0.2, 0) is 15.0 Å². The van der Waals surface area contributed by atoms with Crippen LogP contribution in [0.5, 0.6) is 0 Å². The minimum atomic E-state index is -0.496. The number of nitrogens with zero attached hydrogens (tertiary/aromatic N) is 2. The van der Waals surface area contributed by atoms with Crippen molar-refractivity contribution in [3.63, 3.8) is 0 Å². The van der Waals surface area contributed by atoms with E-state index in [-0.39, 0.29) is 23.0 Å². The molecule has 216 valence electrons. The molecule has 3 heterocycles. The maximum Gasteiger partial charge on any atom is 0.324 e. The van der Waals surface area contributed by atoms with E-state index in [0.29, 0.717) is 24.3 Å². The highest BCUT2D eigenvalue weighted by Gasteiger charge is 2.38. The molecule has 0 saturated carbocycles. The minimum absolute atomic E-state index is 0.0182. The van der Waals surface area contributed by atoms with Gasteiger partial charge >= 0.3 is 6.03 Å². The van der Waals surface area contributed by atoms with E-state index in [9.17, 15) is 14.4 Å². The van der Waals surface area contributed by atoms with Gasteiger partial charge in [0.15, 0.2) is 5.78 Å². The summed E-state index contributed by atoms with van der Waals surface area (Å²) in [5.41, 5.74) is 3.98. The predicted octanol–water partition coefficient (Wildman–Crippen LogP) is 5.05. The topological polar surface area (TPSA) is 117 Å². The number of Topliss-reactive ketones (excluding diaryl/α,β-unsaturated/α-hetero) is 1. The predicted molar refractivity (Wildman–Crippen MR) is 161 cm³/mol. The number of urea groups is 1. The molecule has 3 aromatic rings. The Morgan fingerprint density at radius 1 is 1.00 bits per heavy atom. The van der Waals surface area contributed by atoms with Gasteiger partial charge in [0.1, 0.15) is 5.82 Å². The molecule has 9 heteroatoms. The second-order valence-electron chi connectivity index (χ2n) is 12.2.